The highest BCUT2D eigenvalue weighted by atomic mass is 19.4. The monoisotopic (exact) mass is 247 g/mol. The van der Waals surface area contributed by atoms with E-state index in [1.165, 1.54) is 6.07 Å². The highest BCUT2D eigenvalue weighted by Gasteiger charge is 2.35. The highest BCUT2D eigenvalue weighted by molar-refractivity contribution is 5.10. The molecule has 17 heavy (non-hydrogen) atoms. The lowest BCUT2D eigenvalue weighted by atomic mass is 9.90. The van der Waals surface area contributed by atoms with Gasteiger partial charge in [0.1, 0.15) is 0 Å². The average Bonchev–Trinajstić information content (AvgIpc) is 2.14. The molecule has 0 aliphatic heterocycles. The summed E-state index contributed by atoms with van der Waals surface area (Å²) in [7, 11) is 0. The lowest BCUT2D eigenvalue weighted by Crippen LogP contribution is -2.33. The van der Waals surface area contributed by atoms with Crippen molar-refractivity contribution < 1.29 is 13.2 Å². The molecule has 1 aromatic heterocycles. The Labute approximate surface area is 98.3 Å². The molecule has 1 atom stereocenters. The largest absolute Gasteiger partial charge is 0.451 e. The van der Waals surface area contributed by atoms with E-state index in [1.807, 2.05) is 13.8 Å². The second-order valence-corrected chi connectivity index (χ2v) is 4.90. The smallest absolute Gasteiger partial charge is 0.326 e. The summed E-state index contributed by atoms with van der Waals surface area (Å²) in [5.74, 6) is -1.24. The first-order valence-electron chi connectivity index (χ1n) is 5.28. The molecule has 0 saturated heterocycles. The predicted octanol–water partition coefficient (Wildman–Crippen LogP) is 2.73. The molecule has 0 fully saturated rings. The number of hydrogen-bond acceptors (Lipinski definition) is 3. The Bertz CT molecular complexity index is 382. The van der Waals surface area contributed by atoms with Crippen LogP contribution in [0, 0.1) is 0 Å². The van der Waals surface area contributed by atoms with E-state index in [4.69, 9.17) is 5.73 Å². The van der Waals surface area contributed by atoms with E-state index in [0.29, 0.717) is 12.1 Å². The fraction of sp³-hybridized carbons (Fsp3) is 0.636. The molecule has 0 bridgehead atoms. The van der Waals surface area contributed by atoms with Crippen LogP contribution in [0.5, 0.6) is 0 Å². The summed E-state index contributed by atoms with van der Waals surface area (Å²) in [5.41, 5.74) is 5.76. The Balaban J connectivity index is 2.92. The van der Waals surface area contributed by atoms with Crippen molar-refractivity contribution in [1.29, 1.82) is 0 Å². The minimum absolute atomic E-state index is 0.140. The summed E-state index contributed by atoms with van der Waals surface area (Å²) in [6.45, 7) is 5.46. The van der Waals surface area contributed by atoms with Crippen LogP contribution in [0.1, 0.15) is 44.6 Å². The van der Waals surface area contributed by atoms with Gasteiger partial charge in [-0.15, -0.1) is 0 Å². The molecule has 0 radical (unpaired) electrons. The molecule has 1 heterocycles. The van der Waals surface area contributed by atoms with Crippen molar-refractivity contribution in [3.05, 3.63) is 23.8 Å². The molecule has 0 amide bonds. The van der Waals surface area contributed by atoms with Gasteiger partial charge < -0.3 is 5.73 Å². The summed E-state index contributed by atoms with van der Waals surface area (Å²) in [6, 6.07) is 1.49. The Kier molecular flexibility index (Phi) is 3.76. The number of aromatic nitrogens is 2. The third-order valence-corrected chi connectivity index (χ3v) is 2.27. The number of nitrogens with two attached hydrogens (primary N) is 1. The maximum absolute atomic E-state index is 12.4. The standard InChI is InChI=1S/C11H16F3N3/c1-7(6-10(2,3)15)8-4-5-16-9(17-8)11(12,13)14/h4-5,7H,6,15H2,1-3H3. The second-order valence-electron chi connectivity index (χ2n) is 4.90. The lowest BCUT2D eigenvalue weighted by molar-refractivity contribution is -0.145. The van der Waals surface area contributed by atoms with Gasteiger partial charge in [0.2, 0.25) is 5.82 Å². The molecule has 0 spiro atoms. The molecule has 0 aromatic carbocycles. The van der Waals surface area contributed by atoms with Crippen LogP contribution in [0.2, 0.25) is 0 Å². The molecular weight excluding hydrogens is 231 g/mol. The second kappa shape index (κ2) is 4.60. The van der Waals surface area contributed by atoms with Gasteiger partial charge in [0.25, 0.3) is 0 Å². The zero-order valence-electron chi connectivity index (χ0n) is 10.0. The van der Waals surface area contributed by atoms with Crippen LogP contribution in [0.15, 0.2) is 12.3 Å². The van der Waals surface area contributed by atoms with E-state index >= 15 is 0 Å². The van der Waals surface area contributed by atoms with Crippen molar-refractivity contribution in [2.45, 2.75) is 44.8 Å². The van der Waals surface area contributed by atoms with Crippen molar-refractivity contribution in [2.24, 2.45) is 5.73 Å². The quantitative estimate of drug-likeness (QED) is 0.893. The Hall–Kier alpha value is -1.17. The molecule has 1 rings (SSSR count). The molecule has 1 unspecified atom stereocenters. The van der Waals surface area contributed by atoms with Gasteiger partial charge in [0, 0.05) is 23.3 Å². The van der Waals surface area contributed by atoms with Gasteiger partial charge in [-0.25, -0.2) is 9.97 Å². The van der Waals surface area contributed by atoms with Crippen molar-refractivity contribution in [3.63, 3.8) is 0 Å². The van der Waals surface area contributed by atoms with Crippen molar-refractivity contribution >= 4 is 0 Å². The van der Waals surface area contributed by atoms with Gasteiger partial charge in [-0.1, -0.05) is 6.92 Å². The van der Waals surface area contributed by atoms with Gasteiger partial charge in [0.15, 0.2) is 0 Å². The Morgan fingerprint density at radius 2 is 1.94 bits per heavy atom. The van der Waals surface area contributed by atoms with Gasteiger partial charge >= 0.3 is 6.18 Å². The molecule has 0 aliphatic carbocycles. The number of hydrogen-bond donors (Lipinski definition) is 1. The molecule has 96 valence electrons. The molecular formula is C11H16F3N3. The molecule has 3 nitrogen and oxygen atoms in total. The minimum atomic E-state index is -4.51. The molecule has 1 aromatic rings. The molecule has 0 saturated carbocycles. The third kappa shape index (κ3) is 4.30. The van der Waals surface area contributed by atoms with Gasteiger partial charge in [-0.05, 0) is 26.3 Å². The van der Waals surface area contributed by atoms with Crippen molar-refractivity contribution in [1.82, 2.24) is 9.97 Å². The third-order valence-electron chi connectivity index (χ3n) is 2.27. The van der Waals surface area contributed by atoms with E-state index in [2.05, 4.69) is 9.97 Å². The minimum Gasteiger partial charge on any atom is -0.326 e. The summed E-state index contributed by atoms with van der Waals surface area (Å²) >= 11 is 0. The van der Waals surface area contributed by atoms with Crippen molar-refractivity contribution in [2.75, 3.05) is 0 Å². The summed E-state index contributed by atoms with van der Waals surface area (Å²) in [6.07, 6.45) is -2.82. The summed E-state index contributed by atoms with van der Waals surface area (Å²) < 4.78 is 37.3. The normalized spacial score (nSPS) is 14.8. The van der Waals surface area contributed by atoms with Gasteiger partial charge in [0.05, 0.1) is 0 Å². The first-order valence-corrected chi connectivity index (χ1v) is 5.28. The average molecular weight is 247 g/mol. The van der Waals surface area contributed by atoms with Crippen LogP contribution in [0.3, 0.4) is 0 Å². The van der Waals surface area contributed by atoms with Crippen LogP contribution in [-0.2, 0) is 6.18 Å². The highest BCUT2D eigenvalue weighted by Crippen LogP contribution is 2.28. The van der Waals surface area contributed by atoms with Gasteiger partial charge in [-0.3, -0.25) is 0 Å². The van der Waals surface area contributed by atoms with E-state index in [9.17, 15) is 13.2 Å². The van der Waals surface area contributed by atoms with Crippen molar-refractivity contribution in [3.8, 4) is 0 Å². The number of alkyl halides is 3. The topological polar surface area (TPSA) is 51.8 Å². The first kappa shape index (κ1) is 13.9. The number of nitrogens with zero attached hydrogens (tertiary/aromatic N) is 2. The van der Waals surface area contributed by atoms with Crippen LogP contribution >= 0.6 is 0 Å². The Morgan fingerprint density at radius 1 is 1.35 bits per heavy atom. The predicted molar refractivity (Wildman–Crippen MR) is 58.3 cm³/mol. The fourth-order valence-corrected chi connectivity index (χ4v) is 1.68. The summed E-state index contributed by atoms with van der Waals surface area (Å²) in [5, 5.41) is 0. The molecule has 2 N–H and O–H groups in total. The maximum atomic E-state index is 12.4. The first-order chi connectivity index (χ1) is 7.59. The summed E-state index contributed by atoms with van der Waals surface area (Å²) in [4.78, 5) is 6.76. The molecule has 0 aliphatic rings. The van der Waals surface area contributed by atoms with E-state index in [-0.39, 0.29) is 5.92 Å². The van der Waals surface area contributed by atoms with Gasteiger partial charge in [-0.2, -0.15) is 13.2 Å². The van der Waals surface area contributed by atoms with E-state index < -0.39 is 17.5 Å². The van der Waals surface area contributed by atoms with E-state index in [0.717, 1.165) is 6.20 Å². The van der Waals surface area contributed by atoms with Crippen LogP contribution < -0.4 is 5.73 Å². The molecule has 6 heteroatoms. The van der Waals surface area contributed by atoms with Crippen LogP contribution in [-0.4, -0.2) is 15.5 Å². The van der Waals surface area contributed by atoms with Crippen LogP contribution in [0.25, 0.3) is 0 Å². The fourth-order valence-electron chi connectivity index (χ4n) is 1.68. The number of rotatable bonds is 3. The zero-order chi connectivity index (χ0) is 13.3. The number of halogens is 3. The lowest BCUT2D eigenvalue weighted by Gasteiger charge is -2.23. The SMILES string of the molecule is CC(CC(C)(C)N)c1ccnc(C(F)(F)F)n1. The Morgan fingerprint density at radius 3 is 2.41 bits per heavy atom. The van der Waals surface area contributed by atoms with E-state index in [1.54, 1.807) is 6.92 Å². The van der Waals surface area contributed by atoms with Crippen LogP contribution in [0.4, 0.5) is 13.2 Å². The zero-order valence-corrected chi connectivity index (χ0v) is 10.0. The maximum Gasteiger partial charge on any atom is 0.451 e.